The van der Waals surface area contributed by atoms with Gasteiger partial charge >= 0.3 is 6.09 Å². The number of primary amides is 1. The van der Waals surface area contributed by atoms with Gasteiger partial charge in [-0.25, -0.2) is 9.48 Å². The molecular formula is C26H43N5O4Si. The number of hydrogen-bond acceptors (Lipinski definition) is 6. The van der Waals surface area contributed by atoms with E-state index in [1.165, 1.54) is 0 Å². The van der Waals surface area contributed by atoms with Crippen molar-refractivity contribution in [2.24, 2.45) is 5.73 Å². The van der Waals surface area contributed by atoms with Gasteiger partial charge in [0.15, 0.2) is 0 Å². The zero-order valence-electron chi connectivity index (χ0n) is 23.0. The lowest BCUT2D eigenvalue weighted by Gasteiger charge is -2.39. The molecule has 2 aromatic rings. The maximum Gasteiger partial charge on any atom is 0.410 e. The van der Waals surface area contributed by atoms with Crippen LogP contribution < -0.4 is 10.6 Å². The van der Waals surface area contributed by atoms with Gasteiger partial charge in [-0.05, 0) is 58.7 Å². The zero-order chi connectivity index (χ0) is 26.7. The average Bonchev–Trinajstić information content (AvgIpc) is 3.19. The molecular weight excluding hydrogens is 474 g/mol. The average molecular weight is 518 g/mol. The van der Waals surface area contributed by atoms with Crippen LogP contribution in [-0.4, -0.2) is 72.6 Å². The second kappa shape index (κ2) is 11.2. The normalized spacial score (nSPS) is 15.4. The molecule has 0 spiro atoms. The topological polar surface area (TPSA) is 103 Å². The van der Waals surface area contributed by atoms with Crippen LogP contribution in [0.15, 0.2) is 18.3 Å². The Hall–Kier alpha value is -2.59. The van der Waals surface area contributed by atoms with Crippen LogP contribution in [0.4, 0.5) is 10.5 Å². The van der Waals surface area contributed by atoms with Gasteiger partial charge in [0.05, 0.1) is 17.3 Å². The summed E-state index contributed by atoms with van der Waals surface area (Å²) in [5.74, 6) is -0.481. The molecule has 1 fully saturated rings. The van der Waals surface area contributed by atoms with E-state index in [1.54, 1.807) is 16.9 Å². The SMILES string of the molecule is CCN(C(=O)OC(C)(C)C)C1CCN(c2ccc(C(N)=O)c3c2cnn3COCC[Si](C)(C)C)CC1. The van der Waals surface area contributed by atoms with Gasteiger partial charge in [0.2, 0.25) is 0 Å². The lowest BCUT2D eigenvalue weighted by molar-refractivity contribution is 0.0149. The molecule has 10 heteroatoms. The van der Waals surface area contributed by atoms with Gasteiger partial charge in [0, 0.05) is 51.4 Å². The van der Waals surface area contributed by atoms with Gasteiger partial charge in [-0.2, -0.15) is 5.10 Å². The molecule has 200 valence electrons. The number of piperidine rings is 1. The lowest BCUT2D eigenvalue weighted by atomic mass is 10.0. The number of nitrogens with two attached hydrogens (primary N) is 1. The molecule has 1 aromatic carbocycles. The predicted octanol–water partition coefficient (Wildman–Crippen LogP) is 4.67. The summed E-state index contributed by atoms with van der Waals surface area (Å²) in [4.78, 5) is 29.1. The summed E-state index contributed by atoms with van der Waals surface area (Å²) in [5.41, 5.74) is 7.36. The molecule has 2 amide bonds. The number of hydrogen-bond donors (Lipinski definition) is 1. The van der Waals surface area contributed by atoms with E-state index >= 15 is 0 Å². The van der Waals surface area contributed by atoms with E-state index in [0.717, 1.165) is 43.0 Å². The molecule has 0 unspecified atom stereocenters. The van der Waals surface area contributed by atoms with Crippen molar-refractivity contribution in [2.45, 2.75) is 84.6 Å². The maximum atomic E-state index is 12.7. The number of amides is 2. The third-order valence-electron chi connectivity index (χ3n) is 6.47. The highest BCUT2D eigenvalue weighted by Gasteiger charge is 2.31. The number of fused-ring (bicyclic) bond motifs is 1. The van der Waals surface area contributed by atoms with Crippen molar-refractivity contribution in [2.75, 3.05) is 31.1 Å². The standard InChI is InChI=1S/C26H43N5O4Si/c1-8-30(25(33)35-26(2,3)4)19-11-13-29(14-12-19)22-10-9-20(24(27)32)23-21(22)17-28-31(23)18-34-15-16-36(5,6)7/h9-10,17,19H,8,11-16,18H2,1-7H3,(H2,27,32). The number of benzene rings is 1. The van der Waals surface area contributed by atoms with E-state index < -0.39 is 19.6 Å². The fourth-order valence-corrected chi connectivity index (χ4v) is 5.32. The van der Waals surface area contributed by atoms with Crippen molar-refractivity contribution in [3.8, 4) is 0 Å². The number of ether oxygens (including phenoxy) is 2. The fourth-order valence-electron chi connectivity index (χ4n) is 4.57. The molecule has 1 aromatic heterocycles. The molecule has 3 rings (SSSR count). The second-order valence-corrected chi connectivity index (χ2v) is 17.4. The Morgan fingerprint density at radius 3 is 2.42 bits per heavy atom. The van der Waals surface area contributed by atoms with Crippen molar-refractivity contribution < 1.29 is 19.1 Å². The summed E-state index contributed by atoms with van der Waals surface area (Å²) in [6, 6.07) is 4.93. The quantitative estimate of drug-likeness (QED) is 0.383. The molecule has 2 N–H and O–H groups in total. The minimum absolute atomic E-state index is 0.129. The first-order valence-corrected chi connectivity index (χ1v) is 16.6. The number of rotatable bonds is 9. The molecule has 1 aliphatic rings. The van der Waals surface area contributed by atoms with E-state index in [2.05, 4.69) is 29.6 Å². The van der Waals surface area contributed by atoms with E-state index in [-0.39, 0.29) is 18.9 Å². The Balaban J connectivity index is 1.76. The van der Waals surface area contributed by atoms with E-state index in [0.29, 0.717) is 24.2 Å². The minimum Gasteiger partial charge on any atom is -0.444 e. The monoisotopic (exact) mass is 517 g/mol. The summed E-state index contributed by atoms with van der Waals surface area (Å²) in [6.45, 7) is 17.7. The Kier molecular flexibility index (Phi) is 8.71. The van der Waals surface area contributed by atoms with Crippen LogP contribution in [0.2, 0.25) is 25.7 Å². The Bertz CT molecular complexity index is 1060. The molecule has 9 nitrogen and oxygen atoms in total. The predicted molar refractivity (Wildman–Crippen MR) is 146 cm³/mol. The molecule has 36 heavy (non-hydrogen) atoms. The highest BCUT2D eigenvalue weighted by atomic mass is 28.3. The van der Waals surface area contributed by atoms with Crippen molar-refractivity contribution in [1.82, 2.24) is 14.7 Å². The number of nitrogens with zero attached hydrogens (tertiary/aromatic N) is 4. The maximum absolute atomic E-state index is 12.7. The van der Waals surface area contributed by atoms with E-state index in [9.17, 15) is 9.59 Å². The molecule has 0 saturated carbocycles. The summed E-state index contributed by atoms with van der Waals surface area (Å²) in [6.07, 6.45) is 3.21. The minimum atomic E-state index is -1.20. The molecule has 0 atom stereocenters. The molecule has 2 heterocycles. The third-order valence-corrected chi connectivity index (χ3v) is 8.17. The third kappa shape index (κ3) is 7.00. The van der Waals surface area contributed by atoms with E-state index in [4.69, 9.17) is 15.2 Å². The number of anilines is 1. The lowest BCUT2D eigenvalue weighted by Crippen LogP contribution is -2.48. The molecule has 0 bridgehead atoms. The second-order valence-electron chi connectivity index (χ2n) is 11.7. The van der Waals surface area contributed by atoms with Crippen LogP contribution in [0.5, 0.6) is 0 Å². The molecule has 1 saturated heterocycles. The Labute approximate surface area is 215 Å². The van der Waals surface area contributed by atoms with Gasteiger partial charge in [-0.15, -0.1) is 0 Å². The van der Waals surface area contributed by atoms with Crippen molar-refractivity contribution in [3.63, 3.8) is 0 Å². The van der Waals surface area contributed by atoms with Crippen LogP contribution >= 0.6 is 0 Å². The van der Waals surface area contributed by atoms with Crippen LogP contribution in [-0.2, 0) is 16.2 Å². The molecule has 0 radical (unpaired) electrons. The van der Waals surface area contributed by atoms with Gasteiger partial charge in [0.1, 0.15) is 12.3 Å². The van der Waals surface area contributed by atoms with E-state index in [1.807, 2.05) is 38.7 Å². The summed E-state index contributed by atoms with van der Waals surface area (Å²) < 4.78 is 13.3. The first-order valence-electron chi connectivity index (χ1n) is 12.9. The van der Waals surface area contributed by atoms with Gasteiger partial charge < -0.3 is 25.0 Å². The van der Waals surface area contributed by atoms with Gasteiger partial charge in [0.25, 0.3) is 5.91 Å². The van der Waals surface area contributed by atoms with Crippen LogP contribution in [0.3, 0.4) is 0 Å². The Morgan fingerprint density at radius 2 is 1.86 bits per heavy atom. The van der Waals surface area contributed by atoms with Crippen molar-refractivity contribution in [3.05, 3.63) is 23.9 Å². The fraction of sp³-hybridized carbons (Fsp3) is 0.654. The first kappa shape index (κ1) is 28.0. The van der Waals surface area contributed by atoms with Gasteiger partial charge in [-0.3, -0.25) is 4.79 Å². The molecule has 1 aliphatic heterocycles. The summed E-state index contributed by atoms with van der Waals surface area (Å²) in [5, 5.41) is 5.43. The number of aromatic nitrogens is 2. The molecule has 0 aliphatic carbocycles. The first-order chi connectivity index (χ1) is 16.8. The number of carbonyl (C=O) groups is 2. The Morgan fingerprint density at radius 1 is 1.19 bits per heavy atom. The van der Waals surface area contributed by atoms with Crippen LogP contribution in [0, 0.1) is 0 Å². The number of carbonyl (C=O) groups excluding carboxylic acids is 2. The van der Waals surface area contributed by atoms with Gasteiger partial charge in [-0.1, -0.05) is 19.6 Å². The highest BCUT2D eigenvalue weighted by molar-refractivity contribution is 6.76. The smallest absolute Gasteiger partial charge is 0.410 e. The largest absolute Gasteiger partial charge is 0.444 e. The van der Waals surface area contributed by atoms with Crippen LogP contribution in [0.1, 0.15) is 50.9 Å². The van der Waals surface area contributed by atoms with Crippen molar-refractivity contribution in [1.29, 1.82) is 0 Å². The zero-order valence-corrected chi connectivity index (χ0v) is 24.0. The van der Waals surface area contributed by atoms with Crippen molar-refractivity contribution >= 4 is 36.7 Å². The van der Waals surface area contributed by atoms with Crippen LogP contribution in [0.25, 0.3) is 10.9 Å². The summed E-state index contributed by atoms with van der Waals surface area (Å²) >= 11 is 0. The highest BCUT2D eigenvalue weighted by Crippen LogP contribution is 2.32. The summed E-state index contributed by atoms with van der Waals surface area (Å²) in [7, 11) is -1.20.